The molecule has 0 amide bonds. The van der Waals surface area contributed by atoms with Crippen molar-refractivity contribution in [3.05, 3.63) is 132 Å². The zero-order chi connectivity index (χ0) is 26.5. The lowest BCUT2D eigenvalue weighted by atomic mass is 9.74. The number of hydrogen-bond acceptors (Lipinski definition) is 1. The molecule has 0 saturated carbocycles. The smallest absolute Gasteiger partial charge is 0.123 e. The molecule has 38 heavy (non-hydrogen) atoms. The number of rotatable bonds is 10. The van der Waals surface area contributed by atoms with Crippen molar-refractivity contribution in [2.75, 3.05) is 11.6 Å². The van der Waals surface area contributed by atoms with Gasteiger partial charge in [0, 0.05) is 17.3 Å². The number of halogens is 1. The Hall–Kier alpha value is -3.22. The molecule has 1 aliphatic heterocycles. The molecule has 0 bridgehead atoms. The van der Waals surface area contributed by atoms with Gasteiger partial charge in [0.1, 0.15) is 5.82 Å². The number of anilines is 1. The van der Waals surface area contributed by atoms with E-state index in [9.17, 15) is 4.39 Å². The molecule has 0 spiro atoms. The van der Waals surface area contributed by atoms with Crippen LogP contribution in [0.2, 0.25) is 0 Å². The minimum atomic E-state index is -0.173. The maximum atomic E-state index is 13.4. The second-order valence-corrected chi connectivity index (χ2v) is 11.3. The van der Waals surface area contributed by atoms with Gasteiger partial charge >= 0.3 is 0 Å². The highest BCUT2D eigenvalue weighted by Gasteiger charge is 2.44. The molecule has 1 aliphatic rings. The van der Waals surface area contributed by atoms with Crippen LogP contribution in [0.25, 0.3) is 11.1 Å². The molecule has 1 fully saturated rings. The van der Waals surface area contributed by atoms with Gasteiger partial charge in [0.05, 0.1) is 6.04 Å². The maximum absolute atomic E-state index is 13.4. The van der Waals surface area contributed by atoms with Gasteiger partial charge in [-0.3, -0.25) is 0 Å². The molecule has 4 aromatic carbocycles. The summed E-state index contributed by atoms with van der Waals surface area (Å²) in [6.07, 6.45) is 5.25. The Morgan fingerprint density at radius 1 is 0.842 bits per heavy atom. The van der Waals surface area contributed by atoms with Crippen LogP contribution in [0.3, 0.4) is 0 Å². The molecule has 5 rings (SSSR count). The summed E-state index contributed by atoms with van der Waals surface area (Å²) in [5.74, 6) is 0.218. The second-order valence-electron chi connectivity index (χ2n) is 10.3. The average molecular weight is 522 g/mol. The summed E-state index contributed by atoms with van der Waals surface area (Å²) in [5.41, 5.74) is 9.07. The first-order chi connectivity index (χ1) is 18.6. The molecule has 1 saturated heterocycles. The molecular weight excluding hydrogens is 484 g/mol. The van der Waals surface area contributed by atoms with Crippen LogP contribution in [0.1, 0.15) is 48.9 Å². The van der Waals surface area contributed by atoms with Gasteiger partial charge in [-0.2, -0.15) is 0 Å². The lowest BCUT2D eigenvalue weighted by Gasteiger charge is -2.52. The lowest BCUT2D eigenvalue weighted by Crippen LogP contribution is -2.47. The maximum Gasteiger partial charge on any atom is 0.123 e. The van der Waals surface area contributed by atoms with Gasteiger partial charge in [0.2, 0.25) is 0 Å². The van der Waals surface area contributed by atoms with Crippen molar-refractivity contribution in [2.45, 2.75) is 45.1 Å². The van der Waals surface area contributed by atoms with Crippen LogP contribution in [0.5, 0.6) is 0 Å². The summed E-state index contributed by atoms with van der Waals surface area (Å²) >= 11 is 0. The molecule has 4 aromatic rings. The number of aryl methyl sites for hydroxylation is 2. The summed E-state index contributed by atoms with van der Waals surface area (Å²) in [5, 5.41) is 1.40. The SMILES string of the molecule is C=C1C(CCCc2ccc(F)cc2)C(c2ccc(-c3cccc(PC)c3)cc2CCC)N1c1ccccc1. The third kappa shape index (κ3) is 5.62. The highest BCUT2D eigenvalue weighted by atomic mass is 31.1. The highest BCUT2D eigenvalue weighted by Crippen LogP contribution is 2.52. The van der Waals surface area contributed by atoms with Gasteiger partial charge in [-0.05, 0) is 95.8 Å². The van der Waals surface area contributed by atoms with Crippen LogP contribution < -0.4 is 10.2 Å². The first-order valence-corrected chi connectivity index (χ1v) is 15.3. The molecule has 3 atom stereocenters. The topological polar surface area (TPSA) is 3.24 Å². The predicted molar refractivity (Wildman–Crippen MR) is 163 cm³/mol. The Labute approximate surface area is 229 Å². The van der Waals surface area contributed by atoms with E-state index >= 15 is 0 Å². The van der Waals surface area contributed by atoms with Crippen molar-refractivity contribution >= 4 is 19.6 Å². The predicted octanol–water partition coefficient (Wildman–Crippen LogP) is 9.09. The quantitative estimate of drug-likeness (QED) is 0.188. The number of hydrogen-bond donors (Lipinski definition) is 0. The minimum Gasteiger partial charge on any atom is -0.337 e. The molecule has 0 aliphatic carbocycles. The van der Waals surface area contributed by atoms with Crippen molar-refractivity contribution in [1.82, 2.24) is 0 Å². The lowest BCUT2D eigenvalue weighted by molar-refractivity contribution is 0.340. The monoisotopic (exact) mass is 521 g/mol. The van der Waals surface area contributed by atoms with Crippen molar-refractivity contribution in [3.8, 4) is 11.1 Å². The summed E-state index contributed by atoms with van der Waals surface area (Å²) < 4.78 is 13.4. The Morgan fingerprint density at radius 3 is 2.34 bits per heavy atom. The van der Waals surface area contributed by atoms with E-state index in [1.165, 1.54) is 44.5 Å². The van der Waals surface area contributed by atoms with Gasteiger partial charge in [0.25, 0.3) is 0 Å². The molecule has 0 aromatic heterocycles. The van der Waals surface area contributed by atoms with E-state index in [2.05, 4.69) is 97.9 Å². The first-order valence-electron chi connectivity index (χ1n) is 13.8. The van der Waals surface area contributed by atoms with Crippen LogP contribution in [0.15, 0.2) is 109 Å². The zero-order valence-electron chi connectivity index (χ0n) is 22.5. The van der Waals surface area contributed by atoms with E-state index in [0.29, 0.717) is 5.92 Å². The van der Waals surface area contributed by atoms with Crippen molar-refractivity contribution in [3.63, 3.8) is 0 Å². The Kier molecular flexibility index (Phi) is 8.40. The zero-order valence-corrected chi connectivity index (χ0v) is 23.5. The van der Waals surface area contributed by atoms with E-state index < -0.39 is 0 Å². The van der Waals surface area contributed by atoms with Crippen LogP contribution in [0, 0.1) is 11.7 Å². The third-order valence-corrected chi connectivity index (χ3v) is 8.68. The molecule has 194 valence electrons. The van der Waals surface area contributed by atoms with E-state index in [1.807, 2.05) is 12.1 Å². The third-order valence-electron chi connectivity index (χ3n) is 7.79. The van der Waals surface area contributed by atoms with E-state index in [0.717, 1.165) is 40.7 Å². The van der Waals surface area contributed by atoms with Gasteiger partial charge in [0.15, 0.2) is 0 Å². The largest absolute Gasteiger partial charge is 0.337 e. The van der Waals surface area contributed by atoms with Crippen molar-refractivity contribution < 1.29 is 4.39 Å². The molecule has 0 N–H and O–H groups in total. The molecular formula is C35H37FNP. The van der Waals surface area contributed by atoms with E-state index in [1.54, 1.807) is 12.1 Å². The second kappa shape index (κ2) is 12.1. The standard InChI is InChI=1S/C35H37FNP/c1-4-10-29-23-28(27-12-9-15-32(24-27)38-3)19-22-34(29)35-33(16-8-11-26-17-20-30(36)21-18-26)25(2)37(35)31-13-6-5-7-14-31/h5-7,9,12-15,17-24,33,35,38H,2,4,8,10-11,16H2,1,3H3. The molecule has 1 heterocycles. The van der Waals surface area contributed by atoms with Crippen molar-refractivity contribution in [2.24, 2.45) is 5.92 Å². The van der Waals surface area contributed by atoms with Crippen LogP contribution in [-0.2, 0) is 12.8 Å². The minimum absolute atomic E-state index is 0.173. The fourth-order valence-electron chi connectivity index (χ4n) is 5.82. The van der Waals surface area contributed by atoms with Gasteiger partial charge in [-0.1, -0.05) is 95.2 Å². The molecule has 3 heteroatoms. The molecule has 1 nitrogen and oxygen atoms in total. The fraction of sp³-hybridized carbons (Fsp3) is 0.257. The molecule has 3 unspecified atom stereocenters. The summed E-state index contributed by atoms with van der Waals surface area (Å²) in [6.45, 7) is 9.06. The Bertz CT molecular complexity index is 1380. The Morgan fingerprint density at radius 2 is 1.61 bits per heavy atom. The van der Waals surface area contributed by atoms with Crippen LogP contribution >= 0.6 is 8.58 Å². The number of nitrogens with zero attached hydrogens (tertiary/aromatic N) is 1. The number of para-hydroxylation sites is 1. The van der Waals surface area contributed by atoms with E-state index in [-0.39, 0.29) is 11.9 Å². The Balaban J connectivity index is 1.45. The summed E-state index contributed by atoms with van der Waals surface area (Å²) in [6, 6.07) is 34.0. The summed E-state index contributed by atoms with van der Waals surface area (Å²) in [7, 11) is 0.799. The normalized spacial score (nSPS) is 17.2. The number of benzene rings is 4. The van der Waals surface area contributed by atoms with E-state index in [4.69, 9.17) is 0 Å². The fourth-order valence-corrected chi connectivity index (χ4v) is 6.39. The van der Waals surface area contributed by atoms with Gasteiger partial charge < -0.3 is 4.90 Å². The average Bonchev–Trinajstić information content (AvgIpc) is 2.95. The first kappa shape index (κ1) is 26.4. The van der Waals surface area contributed by atoms with Gasteiger partial charge in [-0.15, -0.1) is 0 Å². The van der Waals surface area contributed by atoms with Crippen LogP contribution in [0.4, 0.5) is 10.1 Å². The van der Waals surface area contributed by atoms with Gasteiger partial charge in [-0.25, -0.2) is 4.39 Å². The highest BCUT2D eigenvalue weighted by molar-refractivity contribution is 7.46. The van der Waals surface area contributed by atoms with Crippen LogP contribution in [-0.4, -0.2) is 6.66 Å². The molecule has 0 radical (unpaired) electrons. The van der Waals surface area contributed by atoms with Crippen molar-refractivity contribution in [1.29, 1.82) is 0 Å². The summed E-state index contributed by atoms with van der Waals surface area (Å²) in [4.78, 5) is 2.44.